The molecule has 4 atom stereocenters. The summed E-state index contributed by atoms with van der Waals surface area (Å²) in [5.41, 5.74) is 0. The molecule has 0 bridgehead atoms. The Morgan fingerprint density at radius 1 is 0.581 bits per heavy atom. The maximum Gasteiger partial charge on any atom is 0.414 e. The van der Waals surface area contributed by atoms with Gasteiger partial charge in [-0.1, -0.05) is 39.5 Å². The molecule has 4 fully saturated rings. The van der Waals surface area contributed by atoms with E-state index in [0.29, 0.717) is 38.3 Å². The number of piperazine rings is 2. The molecule has 15 heteroatoms. The summed E-state index contributed by atoms with van der Waals surface area (Å²) in [5.74, 6) is -1.65. The summed E-state index contributed by atoms with van der Waals surface area (Å²) < 4.78 is 50.6. The highest BCUT2D eigenvalue weighted by Crippen LogP contribution is 2.30. The van der Waals surface area contributed by atoms with Crippen molar-refractivity contribution >= 4 is 44.4 Å². The number of carboxylic acids is 2. The number of hydrogen-bond donors (Lipinski definition) is 2. The average Bonchev–Trinajstić information content (AvgIpc) is 2.98. The molecule has 2 aliphatic heterocycles. The minimum absolute atomic E-state index is 0. The van der Waals surface area contributed by atoms with E-state index in [0.717, 1.165) is 38.0 Å². The van der Waals surface area contributed by atoms with E-state index in [9.17, 15) is 16.8 Å². The first-order valence-electron chi connectivity index (χ1n) is 15.6. The van der Waals surface area contributed by atoms with Crippen molar-refractivity contribution in [1.82, 2.24) is 18.4 Å². The summed E-state index contributed by atoms with van der Waals surface area (Å²) in [6, 6.07) is 1.37. The van der Waals surface area contributed by atoms with Crippen LogP contribution in [0.25, 0.3) is 0 Å². The first-order chi connectivity index (χ1) is 19.7. The smallest absolute Gasteiger partial charge is 0.414 e. The first-order valence-corrected chi connectivity index (χ1v) is 18.8. The van der Waals surface area contributed by atoms with Gasteiger partial charge in [-0.25, -0.2) is 26.4 Å². The topological polar surface area (TPSA) is 156 Å². The summed E-state index contributed by atoms with van der Waals surface area (Å²) in [6.07, 6.45) is 10.6. The van der Waals surface area contributed by atoms with Gasteiger partial charge in [-0.2, -0.15) is 8.61 Å². The molecule has 2 N–H and O–H groups in total. The zero-order valence-electron chi connectivity index (χ0n) is 26.4. The lowest BCUT2D eigenvalue weighted by Crippen LogP contribution is -2.54. The van der Waals surface area contributed by atoms with E-state index in [1.54, 1.807) is 22.5 Å². The summed E-state index contributed by atoms with van der Waals surface area (Å²) in [7, 11) is -5.96. The molecule has 0 aromatic rings. The fraction of sp³-hybridized carbons (Fsp3) is 0.929. The number of sulfonamides is 2. The Morgan fingerprint density at radius 3 is 1.09 bits per heavy atom. The van der Waals surface area contributed by atoms with Crippen molar-refractivity contribution in [3.8, 4) is 0 Å². The van der Waals surface area contributed by atoms with Crippen molar-refractivity contribution in [3.05, 3.63) is 0 Å². The summed E-state index contributed by atoms with van der Waals surface area (Å²) in [5, 5.41) is 14.8. The van der Waals surface area contributed by atoms with Crippen LogP contribution in [0.5, 0.6) is 0 Å². The van der Waals surface area contributed by atoms with E-state index in [-0.39, 0.29) is 23.9 Å². The lowest BCUT2D eigenvalue weighted by molar-refractivity contribution is -0.159. The third kappa shape index (κ3) is 12.4. The zero-order chi connectivity index (χ0) is 31.5. The molecule has 0 radical (unpaired) electrons. The number of halogens is 1. The van der Waals surface area contributed by atoms with E-state index >= 15 is 0 Å². The van der Waals surface area contributed by atoms with Gasteiger partial charge in [-0.15, -0.1) is 12.4 Å². The summed E-state index contributed by atoms with van der Waals surface area (Å²) >= 11 is 0. The van der Waals surface area contributed by atoms with Gasteiger partial charge in [0, 0.05) is 64.4 Å². The third-order valence-electron chi connectivity index (χ3n) is 9.32. The normalized spacial score (nSPS) is 28.3. The molecule has 2 saturated carbocycles. The molecule has 12 nitrogen and oxygen atoms in total. The van der Waals surface area contributed by atoms with Crippen LogP contribution in [0.15, 0.2) is 0 Å². The van der Waals surface area contributed by atoms with Crippen LogP contribution in [-0.4, -0.2) is 133 Å². The van der Waals surface area contributed by atoms with Crippen LogP contribution in [-0.2, 0) is 29.6 Å². The summed E-state index contributed by atoms with van der Waals surface area (Å²) in [4.78, 5) is 23.2. The third-order valence-corrected chi connectivity index (χ3v) is 13.1. The van der Waals surface area contributed by atoms with Gasteiger partial charge in [-0.3, -0.25) is 9.80 Å². The Labute approximate surface area is 265 Å². The minimum Gasteiger partial charge on any atom is -0.473 e. The van der Waals surface area contributed by atoms with Crippen LogP contribution in [0.2, 0.25) is 0 Å². The van der Waals surface area contributed by atoms with Gasteiger partial charge in [0.25, 0.3) is 0 Å². The van der Waals surface area contributed by atoms with Crippen molar-refractivity contribution in [2.45, 2.75) is 91.1 Å². The van der Waals surface area contributed by atoms with Gasteiger partial charge in [0.15, 0.2) is 0 Å². The summed E-state index contributed by atoms with van der Waals surface area (Å²) in [6.45, 7) is 14.5. The van der Waals surface area contributed by atoms with Crippen molar-refractivity contribution < 1.29 is 36.6 Å². The molecule has 0 amide bonds. The molecule has 0 aromatic carbocycles. The second kappa shape index (κ2) is 18.8. The van der Waals surface area contributed by atoms with Gasteiger partial charge in [0.2, 0.25) is 20.0 Å². The van der Waals surface area contributed by atoms with Gasteiger partial charge in [0.05, 0.1) is 11.5 Å². The number of carboxylic acid groups (broad SMARTS) is 2. The average molecular weight is 675 g/mol. The van der Waals surface area contributed by atoms with E-state index in [1.165, 1.54) is 51.4 Å². The van der Waals surface area contributed by atoms with E-state index < -0.39 is 32.0 Å². The molecule has 0 spiro atoms. The van der Waals surface area contributed by atoms with Crippen LogP contribution in [0.1, 0.15) is 79.1 Å². The number of aliphatic carboxylic acids is 2. The van der Waals surface area contributed by atoms with Crippen molar-refractivity contribution in [2.24, 2.45) is 11.8 Å². The fourth-order valence-electron chi connectivity index (χ4n) is 6.67. The van der Waals surface area contributed by atoms with Crippen LogP contribution in [0.3, 0.4) is 0 Å². The molecule has 2 heterocycles. The highest BCUT2D eigenvalue weighted by molar-refractivity contribution is 7.89. The van der Waals surface area contributed by atoms with Crippen molar-refractivity contribution in [3.63, 3.8) is 0 Å². The quantitative estimate of drug-likeness (QED) is 0.402. The SMILES string of the molecule is CCS(=O)(=O)N1CCN(C2CCCCC2C)CC1.CCS(=O)(=O)N1CCN(C2CCCCC2C)CC1.Cl.O=C(O)C(=O)O. The molecule has 43 heavy (non-hydrogen) atoms. The molecule has 4 aliphatic rings. The number of hydrogen-bond acceptors (Lipinski definition) is 8. The van der Waals surface area contributed by atoms with Gasteiger partial charge >= 0.3 is 11.9 Å². The number of nitrogens with zero attached hydrogens (tertiary/aromatic N) is 4. The zero-order valence-corrected chi connectivity index (χ0v) is 28.8. The highest BCUT2D eigenvalue weighted by Gasteiger charge is 2.33. The largest absolute Gasteiger partial charge is 0.473 e. The van der Waals surface area contributed by atoms with Gasteiger partial charge in [-0.05, 0) is 51.4 Å². The standard InChI is InChI=1S/2C13H26N2O2S.C2H2O4.ClH/c2*1-3-18(16,17)15-10-8-14(9-11-15)13-7-5-4-6-12(13)2;3-1(4)2(5)6;/h2*12-13H,3-11H2,1-2H3;(H,3,4)(H,5,6);1H. The van der Waals surface area contributed by atoms with Crippen LogP contribution >= 0.6 is 12.4 Å². The maximum absolute atomic E-state index is 11.8. The van der Waals surface area contributed by atoms with E-state index in [2.05, 4.69) is 23.6 Å². The fourth-order valence-corrected chi connectivity index (χ4v) is 8.84. The van der Waals surface area contributed by atoms with Crippen LogP contribution in [0.4, 0.5) is 0 Å². The van der Waals surface area contributed by atoms with Crippen molar-refractivity contribution in [1.29, 1.82) is 0 Å². The van der Waals surface area contributed by atoms with Gasteiger partial charge in [0.1, 0.15) is 0 Å². The molecule has 4 unspecified atom stereocenters. The van der Waals surface area contributed by atoms with Crippen LogP contribution in [0, 0.1) is 11.8 Å². The second-order valence-electron chi connectivity index (χ2n) is 11.9. The Kier molecular flexibility index (Phi) is 17.5. The molecule has 4 rings (SSSR count). The molecular weight excluding hydrogens is 620 g/mol. The lowest BCUT2D eigenvalue weighted by atomic mass is 9.84. The second-order valence-corrected chi connectivity index (χ2v) is 16.5. The maximum atomic E-state index is 11.8. The Hall–Kier alpha value is -1.03. The minimum atomic E-state index is -2.98. The van der Waals surface area contributed by atoms with Crippen molar-refractivity contribution in [2.75, 3.05) is 63.9 Å². The Bertz CT molecular complexity index is 979. The first kappa shape index (κ1) is 40.0. The Balaban J connectivity index is 0.000000356. The molecule has 254 valence electrons. The monoisotopic (exact) mass is 674 g/mol. The lowest BCUT2D eigenvalue weighted by Gasteiger charge is -2.43. The van der Waals surface area contributed by atoms with Crippen LogP contribution < -0.4 is 0 Å². The van der Waals surface area contributed by atoms with Gasteiger partial charge < -0.3 is 10.2 Å². The number of carbonyl (C=O) groups is 2. The predicted octanol–water partition coefficient (Wildman–Crippen LogP) is 2.64. The highest BCUT2D eigenvalue weighted by atomic mass is 35.5. The molecule has 2 aliphatic carbocycles. The molecule has 0 aromatic heterocycles. The van der Waals surface area contributed by atoms with E-state index in [4.69, 9.17) is 19.8 Å². The Morgan fingerprint density at radius 2 is 0.860 bits per heavy atom. The van der Waals surface area contributed by atoms with E-state index in [1.807, 2.05) is 0 Å². The number of rotatable bonds is 6. The molecular formula is C28H55ClN4O8S2. The predicted molar refractivity (Wildman–Crippen MR) is 171 cm³/mol. The molecule has 2 saturated heterocycles.